The van der Waals surface area contributed by atoms with Crippen LogP contribution in [0.15, 0.2) is 160 Å². The number of fused-ring (bicyclic) bond motifs is 4. The summed E-state index contributed by atoms with van der Waals surface area (Å²) in [4.78, 5) is 10.1. The first-order valence-electron chi connectivity index (χ1n) is 16.5. The van der Waals surface area contributed by atoms with Gasteiger partial charge in [0.2, 0.25) is 0 Å². The van der Waals surface area contributed by atoms with E-state index in [9.17, 15) is 0 Å². The van der Waals surface area contributed by atoms with Crippen LogP contribution in [0, 0.1) is 0 Å². The zero-order valence-corrected chi connectivity index (χ0v) is 26.9. The minimum atomic E-state index is 0.398. The lowest BCUT2D eigenvalue weighted by Gasteiger charge is -2.09. The highest BCUT2D eigenvalue weighted by Gasteiger charge is 2.15. The van der Waals surface area contributed by atoms with E-state index in [1.807, 2.05) is 30.3 Å². The van der Waals surface area contributed by atoms with Gasteiger partial charge in [-0.25, -0.2) is 4.99 Å². The van der Waals surface area contributed by atoms with Crippen molar-refractivity contribution in [1.29, 1.82) is 0 Å². The average molecular weight is 620 g/mol. The fourth-order valence-corrected chi connectivity index (χ4v) is 6.50. The van der Waals surface area contributed by atoms with Crippen molar-refractivity contribution in [3.05, 3.63) is 168 Å². The quantitative estimate of drug-likeness (QED) is 0.115. The number of rotatable bonds is 6. The molecule has 48 heavy (non-hydrogen) atoms. The standard InChI is InChI=1S/C43H34BN3O/c44-36-23-24-39-38(26-36)41-37(11-6-12-40(41)48-39)42(45)47-43(35-22-21-30-9-4-5-10-34(30)25-35)46-27-28-13-15-31(16-14-28)33-19-17-32(18-20-33)29-7-2-1-3-8-29/h2,4-26H,1,3,27,44H2,(H2,45,46,47). The first-order chi connectivity index (χ1) is 23.6. The van der Waals surface area contributed by atoms with Gasteiger partial charge >= 0.3 is 0 Å². The van der Waals surface area contributed by atoms with E-state index in [-0.39, 0.29) is 0 Å². The van der Waals surface area contributed by atoms with Crippen LogP contribution in [-0.4, -0.2) is 19.5 Å². The second-order valence-corrected chi connectivity index (χ2v) is 12.4. The lowest BCUT2D eigenvalue weighted by Crippen LogP contribution is -2.17. The Hall–Kier alpha value is -5.94. The van der Waals surface area contributed by atoms with E-state index in [1.54, 1.807) is 0 Å². The van der Waals surface area contributed by atoms with Crippen LogP contribution in [0.4, 0.5) is 0 Å². The Bertz CT molecular complexity index is 2430. The molecule has 1 heterocycles. The smallest absolute Gasteiger partial charge is 0.157 e. The van der Waals surface area contributed by atoms with Crippen molar-refractivity contribution in [1.82, 2.24) is 0 Å². The Morgan fingerprint density at radius 1 is 0.708 bits per heavy atom. The first kappa shape index (κ1) is 29.5. The predicted molar refractivity (Wildman–Crippen MR) is 205 cm³/mol. The molecule has 0 aliphatic heterocycles. The molecule has 1 aliphatic carbocycles. The monoisotopic (exact) mass is 619 g/mol. The van der Waals surface area contributed by atoms with E-state index in [4.69, 9.17) is 20.1 Å². The van der Waals surface area contributed by atoms with Crippen molar-refractivity contribution >= 4 is 63.3 Å². The molecule has 1 aliphatic rings. The van der Waals surface area contributed by atoms with Gasteiger partial charge in [-0.3, -0.25) is 4.99 Å². The van der Waals surface area contributed by atoms with Gasteiger partial charge in [0, 0.05) is 21.9 Å². The molecular formula is C43H34BN3O. The number of hydrogen-bond donors (Lipinski definition) is 1. The largest absolute Gasteiger partial charge is 0.456 e. The van der Waals surface area contributed by atoms with Crippen molar-refractivity contribution in [3.63, 3.8) is 0 Å². The summed E-state index contributed by atoms with van der Waals surface area (Å²) >= 11 is 0. The molecule has 2 N–H and O–H groups in total. The van der Waals surface area contributed by atoms with Gasteiger partial charge in [-0.15, -0.1) is 0 Å². The van der Waals surface area contributed by atoms with Crippen LogP contribution in [0.1, 0.15) is 35.1 Å². The SMILES string of the molecule is Bc1ccc2oc3cccc(/C(N)=N/C(=N\Cc4ccc(-c5ccc(C6=CCCC=C6)cc5)cc4)c4ccc5ccccc5c4)c3c2c1. The maximum atomic E-state index is 6.83. The molecule has 230 valence electrons. The number of allylic oxidation sites excluding steroid dienone is 4. The van der Waals surface area contributed by atoms with Gasteiger partial charge in [-0.2, -0.15) is 0 Å². The summed E-state index contributed by atoms with van der Waals surface area (Å²) < 4.78 is 6.17. The molecule has 0 amide bonds. The van der Waals surface area contributed by atoms with Gasteiger partial charge in [-0.05, 0) is 69.6 Å². The average Bonchev–Trinajstić information content (AvgIpc) is 3.51. The topological polar surface area (TPSA) is 63.9 Å². The van der Waals surface area contributed by atoms with Gasteiger partial charge < -0.3 is 10.2 Å². The predicted octanol–water partition coefficient (Wildman–Crippen LogP) is 8.75. The summed E-state index contributed by atoms with van der Waals surface area (Å²) in [5, 5.41) is 4.28. The van der Waals surface area contributed by atoms with Crippen molar-refractivity contribution in [2.75, 3.05) is 0 Å². The second kappa shape index (κ2) is 12.7. The summed E-state index contributed by atoms with van der Waals surface area (Å²) in [5.41, 5.74) is 17.4. The maximum absolute atomic E-state index is 6.83. The van der Waals surface area contributed by atoms with Crippen LogP contribution in [0.5, 0.6) is 0 Å². The maximum Gasteiger partial charge on any atom is 0.157 e. The fraction of sp³-hybridized carbons (Fsp3) is 0.0698. The Balaban J connectivity index is 1.13. The molecule has 0 spiro atoms. The fourth-order valence-electron chi connectivity index (χ4n) is 6.50. The molecule has 4 nitrogen and oxygen atoms in total. The third kappa shape index (κ3) is 5.87. The molecule has 1 aromatic heterocycles. The Labute approximate surface area is 281 Å². The van der Waals surface area contributed by atoms with E-state index >= 15 is 0 Å². The van der Waals surface area contributed by atoms with Crippen LogP contribution in [0.25, 0.3) is 49.4 Å². The Morgan fingerprint density at radius 3 is 2.27 bits per heavy atom. The summed E-state index contributed by atoms with van der Waals surface area (Å²) in [6.45, 7) is 0.469. The molecule has 8 rings (SSSR count). The number of nitrogens with zero attached hydrogens (tertiary/aromatic N) is 2. The van der Waals surface area contributed by atoms with Crippen molar-refractivity contribution in [2.24, 2.45) is 15.7 Å². The van der Waals surface area contributed by atoms with Gasteiger partial charge in [0.15, 0.2) is 5.84 Å². The van der Waals surface area contributed by atoms with Crippen molar-refractivity contribution in [2.45, 2.75) is 19.4 Å². The van der Waals surface area contributed by atoms with Crippen LogP contribution in [-0.2, 0) is 6.54 Å². The van der Waals surface area contributed by atoms with Crippen LogP contribution < -0.4 is 11.2 Å². The van der Waals surface area contributed by atoms with E-state index in [2.05, 4.69) is 123 Å². The molecule has 0 radical (unpaired) electrons. The van der Waals surface area contributed by atoms with Gasteiger partial charge in [0.25, 0.3) is 0 Å². The van der Waals surface area contributed by atoms with Crippen LogP contribution in [0.2, 0.25) is 0 Å². The summed E-state index contributed by atoms with van der Waals surface area (Å²) in [7, 11) is 2.08. The molecule has 0 saturated carbocycles. The van der Waals surface area contributed by atoms with Crippen molar-refractivity contribution < 1.29 is 4.42 Å². The minimum Gasteiger partial charge on any atom is -0.456 e. The summed E-state index contributed by atoms with van der Waals surface area (Å²) in [6, 6.07) is 44.2. The Kier molecular flexibility index (Phi) is 7.79. The van der Waals surface area contributed by atoms with Gasteiger partial charge in [-0.1, -0.05) is 133 Å². The number of amidine groups is 2. The number of hydrogen-bond acceptors (Lipinski definition) is 2. The van der Waals surface area contributed by atoms with Crippen LogP contribution >= 0.6 is 0 Å². The normalized spacial score (nSPS) is 13.8. The Morgan fingerprint density at radius 2 is 1.48 bits per heavy atom. The highest BCUT2D eigenvalue weighted by Crippen LogP contribution is 2.31. The molecule has 0 unspecified atom stereocenters. The molecule has 0 fully saturated rings. The highest BCUT2D eigenvalue weighted by molar-refractivity contribution is 6.34. The molecule has 0 bridgehead atoms. The molecule has 5 heteroatoms. The second-order valence-electron chi connectivity index (χ2n) is 12.4. The van der Waals surface area contributed by atoms with Crippen molar-refractivity contribution in [3.8, 4) is 11.1 Å². The first-order valence-corrected chi connectivity index (χ1v) is 16.5. The zero-order valence-electron chi connectivity index (χ0n) is 26.9. The summed E-state index contributed by atoms with van der Waals surface area (Å²) in [5.74, 6) is 0.986. The number of furan rings is 1. The molecule has 6 aromatic carbocycles. The zero-order chi connectivity index (χ0) is 32.5. The van der Waals surface area contributed by atoms with E-state index in [0.717, 1.165) is 67.7 Å². The van der Waals surface area contributed by atoms with Crippen LogP contribution in [0.3, 0.4) is 0 Å². The van der Waals surface area contributed by atoms with E-state index < -0.39 is 0 Å². The molecule has 7 aromatic rings. The van der Waals surface area contributed by atoms with E-state index in [1.165, 1.54) is 22.3 Å². The summed E-state index contributed by atoms with van der Waals surface area (Å²) in [6.07, 6.45) is 9.01. The minimum absolute atomic E-state index is 0.398. The third-order valence-corrected chi connectivity index (χ3v) is 9.07. The lowest BCUT2D eigenvalue weighted by molar-refractivity contribution is 0.669. The molecule has 0 atom stereocenters. The number of nitrogens with two attached hydrogens (primary N) is 1. The van der Waals surface area contributed by atoms with Gasteiger partial charge in [0.05, 0.1) is 6.54 Å². The number of benzene rings is 6. The third-order valence-electron chi connectivity index (χ3n) is 9.07. The highest BCUT2D eigenvalue weighted by atomic mass is 16.3. The lowest BCUT2D eigenvalue weighted by atomic mass is 9.94. The molecular weight excluding hydrogens is 585 g/mol. The molecule has 0 saturated heterocycles. The number of aliphatic imine (C=N–C) groups is 2. The van der Waals surface area contributed by atoms with Gasteiger partial charge in [0.1, 0.15) is 24.8 Å². The van der Waals surface area contributed by atoms with E-state index in [0.29, 0.717) is 18.2 Å².